The van der Waals surface area contributed by atoms with Crippen LogP contribution in [0.25, 0.3) is 0 Å². The Bertz CT molecular complexity index is 361. The fourth-order valence-electron chi connectivity index (χ4n) is 1.79. The lowest BCUT2D eigenvalue weighted by molar-refractivity contribution is 0.0400. The first-order valence-electron chi connectivity index (χ1n) is 5.13. The van der Waals surface area contributed by atoms with E-state index in [4.69, 9.17) is 4.74 Å². The Morgan fingerprint density at radius 3 is 2.44 bits per heavy atom. The summed E-state index contributed by atoms with van der Waals surface area (Å²) in [5, 5.41) is 13.2. The van der Waals surface area contributed by atoms with Crippen molar-refractivity contribution in [1.82, 2.24) is 5.32 Å². The quantitative estimate of drug-likeness (QED) is 0.894. The highest BCUT2D eigenvalue weighted by Crippen LogP contribution is 2.31. The molecule has 2 N–H and O–H groups in total. The first kappa shape index (κ1) is 13.5. The van der Waals surface area contributed by atoms with Crippen LogP contribution in [0.5, 0.6) is 5.75 Å². The fraction of sp³-hybridized carbons (Fsp3) is 0.500. The molecular weight excluding hydrogens is 270 g/mol. The Labute approximate surface area is 105 Å². The second kappa shape index (κ2) is 5.17. The molecule has 0 radical (unpaired) electrons. The molecule has 0 spiro atoms. The Balaban J connectivity index is 3.08. The molecule has 0 saturated heterocycles. The van der Waals surface area contributed by atoms with Gasteiger partial charge in [-0.15, -0.1) is 0 Å². The summed E-state index contributed by atoms with van der Waals surface area (Å²) in [5.41, 5.74) is 0.200. The van der Waals surface area contributed by atoms with Gasteiger partial charge in [0.05, 0.1) is 23.2 Å². The number of nitrogens with one attached hydrogen (secondary N) is 1. The maximum absolute atomic E-state index is 10.0. The molecule has 0 amide bonds. The zero-order valence-corrected chi connectivity index (χ0v) is 11.6. The van der Waals surface area contributed by atoms with E-state index in [0.717, 1.165) is 15.8 Å². The van der Waals surface area contributed by atoms with E-state index in [0.29, 0.717) is 0 Å². The van der Waals surface area contributed by atoms with E-state index in [1.54, 1.807) is 21.0 Å². The lowest BCUT2D eigenvalue weighted by Crippen LogP contribution is -2.37. The van der Waals surface area contributed by atoms with Gasteiger partial charge in [0.2, 0.25) is 0 Å². The van der Waals surface area contributed by atoms with E-state index >= 15 is 0 Å². The van der Waals surface area contributed by atoms with Crippen LogP contribution in [0.15, 0.2) is 22.7 Å². The second-order valence-corrected chi connectivity index (χ2v) is 5.12. The minimum Gasteiger partial charge on any atom is -0.496 e. The third-order valence-electron chi connectivity index (χ3n) is 2.50. The molecule has 0 aliphatic heterocycles. The molecule has 1 aromatic carbocycles. The normalized spacial score (nSPS) is 13.6. The highest BCUT2D eigenvalue weighted by Gasteiger charge is 2.27. The van der Waals surface area contributed by atoms with Crippen molar-refractivity contribution in [3.05, 3.63) is 28.2 Å². The molecule has 0 fully saturated rings. The fourth-order valence-corrected chi connectivity index (χ4v) is 2.35. The van der Waals surface area contributed by atoms with Gasteiger partial charge in [-0.05, 0) is 54.5 Å². The monoisotopic (exact) mass is 287 g/mol. The van der Waals surface area contributed by atoms with Crippen molar-refractivity contribution in [2.75, 3.05) is 14.2 Å². The predicted octanol–water partition coefficient (Wildman–Crippen LogP) is 2.49. The number of rotatable bonds is 4. The van der Waals surface area contributed by atoms with Gasteiger partial charge in [-0.1, -0.05) is 6.07 Å². The van der Waals surface area contributed by atoms with Crippen LogP contribution in [-0.2, 0) is 0 Å². The van der Waals surface area contributed by atoms with E-state index in [9.17, 15) is 5.11 Å². The molecule has 1 unspecified atom stereocenters. The molecule has 0 heterocycles. The summed E-state index contributed by atoms with van der Waals surface area (Å²) in [7, 11) is 3.46. The molecule has 1 atom stereocenters. The van der Waals surface area contributed by atoms with Gasteiger partial charge < -0.3 is 15.2 Å². The van der Waals surface area contributed by atoms with E-state index in [2.05, 4.69) is 21.2 Å². The van der Waals surface area contributed by atoms with Crippen LogP contribution in [0, 0.1) is 0 Å². The molecule has 0 aliphatic rings. The van der Waals surface area contributed by atoms with Crippen LogP contribution in [0.3, 0.4) is 0 Å². The number of ether oxygens (including phenoxy) is 1. The minimum absolute atomic E-state index is 0.116. The number of methoxy groups -OCH3 is 1. The van der Waals surface area contributed by atoms with E-state index in [-0.39, 0.29) is 6.04 Å². The van der Waals surface area contributed by atoms with Crippen LogP contribution in [0.4, 0.5) is 0 Å². The van der Waals surface area contributed by atoms with Gasteiger partial charge in [0.1, 0.15) is 5.75 Å². The van der Waals surface area contributed by atoms with Gasteiger partial charge in [-0.25, -0.2) is 0 Å². The largest absolute Gasteiger partial charge is 0.496 e. The van der Waals surface area contributed by atoms with Crippen LogP contribution in [0.1, 0.15) is 25.5 Å². The molecule has 0 aromatic heterocycles. The zero-order valence-electron chi connectivity index (χ0n) is 10.0. The Morgan fingerprint density at radius 2 is 2.06 bits per heavy atom. The maximum atomic E-state index is 10.0. The molecule has 0 saturated carbocycles. The van der Waals surface area contributed by atoms with Gasteiger partial charge in [0, 0.05) is 0 Å². The van der Waals surface area contributed by atoms with Gasteiger partial charge in [-0.2, -0.15) is 0 Å². The van der Waals surface area contributed by atoms with Crippen LogP contribution in [-0.4, -0.2) is 24.9 Å². The van der Waals surface area contributed by atoms with Crippen molar-refractivity contribution in [1.29, 1.82) is 0 Å². The van der Waals surface area contributed by atoms with Crippen molar-refractivity contribution in [3.63, 3.8) is 0 Å². The van der Waals surface area contributed by atoms with Crippen molar-refractivity contribution in [3.8, 4) is 5.75 Å². The Hall–Kier alpha value is -0.580. The number of aliphatic hydroxyl groups is 1. The number of halogens is 1. The molecule has 0 bridgehead atoms. The molecule has 1 aromatic rings. The molecule has 16 heavy (non-hydrogen) atoms. The summed E-state index contributed by atoms with van der Waals surface area (Å²) in [6.45, 7) is 3.57. The Morgan fingerprint density at radius 1 is 1.44 bits per heavy atom. The summed E-state index contributed by atoms with van der Waals surface area (Å²) >= 11 is 3.44. The predicted molar refractivity (Wildman–Crippen MR) is 68.8 cm³/mol. The third-order valence-corrected chi connectivity index (χ3v) is 3.12. The zero-order chi connectivity index (χ0) is 12.3. The molecular formula is C12H18BrNO2. The summed E-state index contributed by atoms with van der Waals surface area (Å²) in [6, 6.07) is 5.67. The first-order chi connectivity index (χ1) is 7.40. The molecule has 3 nitrogen and oxygen atoms in total. The minimum atomic E-state index is -0.817. The van der Waals surface area contributed by atoms with Crippen LogP contribution in [0.2, 0.25) is 0 Å². The van der Waals surface area contributed by atoms with Crippen LogP contribution >= 0.6 is 15.9 Å². The maximum Gasteiger partial charge on any atom is 0.133 e. The van der Waals surface area contributed by atoms with Gasteiger partial charge in [-0.3, -0.25) is 0 Å². The lowest BCUT2D eigenvalue weighted by Gasteiger charge is -2.29. The highest BCUT2D eigenvalue weighted by molar-refractivity contribution is 9.10. The average Bonchev–Trinajstić information content (AvgIpc) is 2.17. The van der Waals surface area contributed by atoms with Gasteiger partial charge in [0.15, 0.2) is 0 Å². The van der Waals surface area contributed by atoms with Crippen molar-refractivity contribution >= 4 is 15.9 Å². The second-order valence-electron chi connectivity index (χ2n) is 4.27. The number of likely N-dealkylation sites (N-methyl/N-ethyl adjacent to an activating group) is 1. The lowest BCUT2D eigenvalue weighted by atomic mass is 9.92. The summed E-state index contributed by atoms with van der Waals surface area (Å²) in [6.07, 6.45) is 0. The summed E-state index contributed by atoms with van der Waals surface area (Å²) in [5.74, 6) is 0.786. The standard InChI is InChI=1S/C12H18BrNO2/c1-12(2,15)11(14-3)8-5-6-10(16-4)9(13)7-8/h5-7,11,14-15H,1-4H3. The smallest absolute Gasteiger partial charge is 0.133 e. The highest BCUT2D eigenvalue weighted by atomic mass is 79.9. The van der Waals surface area contributed by atoms with E-state index < -0.39 is 5.60 Å². The van der Waals surface area contributed by atoms with Crippen LogP contribution < -0.4 is 10.1 Å². The average molecular weight is 288 g/mol. The number of hydrogen-bond donors (Lipinski definition) is 2. The number of hydrogen-bond acceptors (Lipinski definition) is 3. The molecule has 90 valence electrons. The number of benzene rings is 1. The third kappa shape index (κ3) is 2.97. The SMILES string of the molecule is CNC(c1ccc(OC)c(Br)c1)C(C)(C)O. The summed E-state index contributed by atoms with van der Waals surface area (Å²) in [4.78, 5) is 0. The Kier molecular flexibility index (Phi) is 4.35. The van der Waals surface area contributed by atoms with Crippen molar-refractivity contribution in [2.45, 2.75) is 25.5 Å². The summed E-state index contributed by atoms with van der Waals surface area (Å²) < 4.78 is 6.06. The van der Waals surface area contributed by atoms with E-state index in [1.165, 1.54) is 0 Å². The van der Waals surface area contributed by atoms with Crippen molar-refractivity contribution < 1.29 is 9.84 Å². The first-order valence-corrected chi connectivity index (χ1v) is 5.92. The molecule has 1 rings (SSSR count). The van der Waals surface area contributed by atoms with Gasteiger partial charge in [0.25, 0.3) is 0 Å². The van der Waals surface area contributed by atoms with Gasteiger partial charge >= 0.3 is 0 Å². The topological polar surface area (TPSA) is 41.5 Å². The molecule has 0 aliphatic carbocycles. The molecule has 4 heteroatoms. The van der Waals surface area contributed by atoms with E-state index in [1.807, 2.05) is 25.2 Å². The van der Waals surface area contributed by atoms with Crippen molar-refractivity contribution in [2.24, 2.45) is 0 Å².